The molecule has 0 amide bonds. The average molecular weight is 304 g/mol. The maximum Gasteiger partial charge on any atom is 0.211 e. The van der Waals surface area contributed by atoms with Gasteiger partial charge in [-0.1, -0.05) is 18.2 Å². The van der Waals surface area contributed by atoms with Gasteiger partial charge in [0.1, 0.15) is 12.2 Å². The zero-order valence-electron chi connectivity index (χ0n) is 17.6. The predicted octanol–water partition coefficient (Wildman–Crippen LogP) is 1.50. The molecule has 0 aromatic heterocycles. The van der Waals surface area contributed by atoms with Gasteiger partial charge in [0.25, 0.3) is 0 Å². The van der Waals surface area contributed by atoms with Crippen molar-refractivity contribution in [2.75, 3.05) is 20.7 Å². The van der Waals surface area contributed by atoms with Gasteiger partial charge in [-0.25, -0.2) is 0 Å². The number of rotatable bonds is 2. The molecule has 1 saturated heterocycles. The smallest absolute Gasteiger partial charge is 0.211 e. The van der Waals surface area contributed by atoms with Crippen molar-refractivity contribution in [3.63, 3.8) is 0 Å². The third-order valence-corrected chi connectivity index (χ3v) is 5.48. The predicted molar refractivity (Wildman–Crippen MR) is 82.5 cm³/mol. The molecule has 4 heteroatoms. The molecule has 22 heavy (non-hydrogen) atoms. The first-order valence-electron chi connectivity index (χ1n) is 10.0. The number of methoxy groups -OCH3 is 1. The summed E-state index contributed by atoms with van der Waals surface area (Å²) in [5, 5.41) is 4.72. The van der Waals surface area contributed by atoms with E-state index in [-0.39, 0.29) is 0 Å². The van der Waals surface area contributed by atoms with Gasteiger partial charge in [0.15, 0.2) is 11.5 Å². The van der Waals surface area contributed by atoms with Crippen LogP contribution >= 0.6 is 0 Å². The molecule has 2 aliphatic carbocycles. The van der Waals surface area contributed by atoms with Gasteiger partial charge in [0.05, 0.1) is 9.85 Å². The fourth-order valence-electron chi connectivity index (χ4n) is 4.48. The van der Waals surface area contributed by atoms with Crippen LogP contribution in [0.15, 0.2) is 24.3 Å². The first-order chi connectivity index (χ1) is 12.6. The largest absolute Gasteiger partial charge is 0.493 e. The van der Waals surface area contributed by atoms with Crippen molar-refractivity contribution in [1.29, 1.82) is 1.43 Å². The highest BCUT2D eigenvalue weighted by Crippen LogP contribution is 2.62. The maximum atomic E-state index is 9.45. The Labute approximate surface area is 137 Å². The Balaban J connectivity index is 1.95. The lowest BCUT2D eigenvalue weighted by Crippen LogP contribution is -2.64. The van der Waals surface area contributed by atoms with Crippen molar-refractivity contribution in [1.82, 2.24) is 4.90 Å². The lowest BCUT2D eigenvalue weighted by Gasteiger charge is -2.56. The highest BCUT2D eigenvalue weighted by molar-refractivity contribution is 5.62. The molecular weight excluding hydrogens is 278 g/mol. The van der Waals surface area contributed by atoms with E-state index in [0.29, 0.717) is 36.4 Å². The topological polar surface area (TPSA) is 41.9 Å². The molecule has 4 nitrogen and oxygen atoms in total. The van der Waals surface area contributed by atoms with E-state index in [1.165, 1.54) is 19.3 Å². The number of hydrogen-bond acceptors (Lipinski definition) is 4. The monoisotopic (exact) mass is 304 g/mol. The molecule has 0 radical (unpaired) electrons. The second-order valence-electron chi connectivity index (χ2n) is 6.37. The molecule has 1 fully saturated rings. The van der Waals surface area contributed by atoms with Gasteiger partial charge in [-0.3, -0.25) is 0 Å². The highest BCUT2D eigenvalue weighted by Gasteiger charge is 2.64. The molecule has 1 aromatic rings. The van der Waals surface area contributed by atoms with Crippen molar-refractivity contribution in [3.05, 3.63) is 35.4 Å². The minimum absolute atomic E-state index is 0.303. The second kappa shape index (κ2) is 4.06. The van der Waals surface area contributed by atoms with Crippen LogP contribution in [0.25, 0.3) is 0 Å². The summed E-state index contributed by atoms with van der Waals surface area (Å²) in [5.41, 5.74) is 0.177. The van der Waals surface area contributed by atoms with Crippen molar-refractivity contribution in [2.45, 2.75) is 36.4 Å². The first kappa shape index (κ1) is 8.94. The Kier molecular flexibility index (Phi) is 1.65. The number of likely N-dealkylation sites (N-methyl/N-ethyl adjacent to an activating group) is 1. The number of benzene rings is 1. The first-order valence-corrected chi connectivity index (χ1v) is 7.59. The number of nitrogens with zero attached hydrogens (tertiary/aromatic N) is 1. The highest BCUT2D eigenvalue weighted by atomic mass is 16.5. The van der Waals surface area contributed by atoms with Crippen molar-refractivity contribution >= 4 is 0 Å². The quantitative estimate of drug-likeness (QED) is 0.841. The molecule has 5 atom stereocenters. The van der Waals surface area contributed by atoms with Crippen molar-refractivity contribution in [3.8, 4) is 11.5 Å². The third-order valence-electron chi connectivity index (χ3n) is 5.48. The number of ether oxygens (including phenoxy) is 2. The van der Waals surface area contributed by atoms with Crippen LogP contribution in [-0.2, 0) is 11.8 Å². The van der Waals surface area contributed by atoms with Crippen LogP contribution in [0, 0.1) is 5.89 Å². The number of likely N-dealkylation sites (tertiary alicyclic amines) is 1. The maximum absolute atomic E-state index is 9.45. The molecule has 4 aliphatic rings. The summed E-state index contributed by atoms with van der Waals surface area (Å²) in [6.45, 7) is 0.478. The van der Waals surface area contributed by atoms with Gasteiger partial charge in [0, 0.05) is 25.6 Å². The van der Waals surface area contributed by atoms with Crippen LogP contribution < -0.4 is 9.47 Å². The van der Waals surface area contributed by atoms with E-state index < -0.39 is 29.5 Å². The minimum Gasteiger partial charge on any atom is -0.493 e. The summed E-state index contributed by atoms with van der Waals surface area (Å²) in [6, 6.07) is 2.27. The van der Waals surface area contributed by atoms with E-state index in [2.05, 4.69) is 0 Å². The fraction of sp³-hybridized carbons (Fsp3) is 0.556. The third kappa shape index (κ3) is 1.28. The fourth-order valence-corrected chi connectivity index (χ4v) is 4.48. The number of piperidine rings is 1. The van der Waals surface area contributed by atoms with E-state index in [1.54, 1.807) is 6.07 Å². The summed E-state index contributed by atoms with van der Waals surface area (Å²) < 4.78 is 55.7. The Morgan fingerprint density at radius 1 is 1.50 bits per heavy atom. The minimum atomic E-state index is -2.13. The summed E-state index contributed by atoms with van der Waals surface area (Å²) in [4.78, 5) is 1.85. The van der Waals surface area contributed by atoms with Crippen molar-refractivity contribution < 1.29 is 20.1 Å². The van der Waals surface area contributed by atoms with Crippen LogP contribution in [-0.4, -0.2) is 50.3 Å². The van der Waals surface area contributed by atoms with Crippen LogP contribution in [0.5, 0.6) is 11.5 Å². The van der Waals surface area contributed by atoms with Crippen LogP contribution in [0.4, 0.5) is 0 Å². The zero-order valence-corrected chi connectivity index (χ0v) is 12.6. The molecule has 1 aromatic carbocycles. The average Bonchev–Trinajstić information content (AvgIpc) is 2.93. The Morgan fingerprint density at radius 3 is 3.23 bits per heavy atom. The van der Waals surface area contributed by atoms with E-state index in [9.17, 15) is 4.11 Å². The van der Waals surface area contributed by atoms with Gasteiger partial charge in [0.2, 0.25) is 1.43 Å². The summed E-state index contributed by atoms with van der Waals surface area (Å²) in [5.74, 6) is -0.775. The van der Waals surface area contributed by atoms with Gasteiger partial charge < -0.3 is 19.5 Å². The lowest BCUT2D eigenvalue weighted by atomic mass is 9.53. The van der Waals surface area contributed by atoms with Crippen LogP contribution in [0.2, 0.25) is 0 Å². The molecule has 2 unspecified atom stereocenters. The van der Waals surface area contributed by atoms with E-state index in [0.717, 1.165) is 5.56 Å². The van der Waals surface area contributed by atoms with Crippen LogP contribution in [0.1, 0.15) is 23.0 Å². The van der Waals surface area contributed by atoms with Gasteiger partial charge in [-0.2, -0.15) is 0 Å². The molecule has 2 bridgehead atoms. The molecule has 2 heterocycles. The molecular formula is C18H21NO3. The summed E-state index contributed by atoms with van der Waals surface area (Å²) in [7, 11) is 3.33. The van der Waals surface area contributed by atoms with E-state index in [4.69, 9.17) is 17.4 Å². The van der Waals surface area contributed by atoms with E-state index in [1.807, 2.05) is 18.0 Å². The molecule has 0 saturated carbocycles. The SMILES string of the molecule is [2H]OC1([2H])C=C[C@@]2([2H])[C@@]3([2H])Cc4ccc(OC)c5c4[C@@]2(CCN3C)C1([2H])O5. The molecule has 116 valence electrons. The molecule has 1 spiro atoms. The standard InChI is InChI=1S/C18H21NO3/c1-19-8-7-18-11-4-5-13(20)17(18)22-16-14(21-2)6-3-10(15(16)18)9-12(11)19/h3-6,11-13,17,20H,7-9H2,1-2H3/t11-,12+,13?,17?,18-/m0/s1/i11D,12D,13D,17D,20D. The van der Waals surface area contributed by atoms with Gasteiger partial charge in [-0.15, -0.1) is 0 Å². The van der Waals surface area contributed by atoms with Gasteiger partial charge in [-0.05, 0) is 38.1 Å². The van der Waals surface area contributed by atoms with Crippen molar-refractivity contribution in [2.24, 2.45) is 5.89 Å². The zero-order chi connectivity index (χ0) is 19.5. The lowest BCUT2D eigenvalue weighted by molar-refractivity contribution is -0.0453. The molecule has 5 rings (SSSR count). The molecule has 2 aliphatic heterocycles. The molecule has 1 N–H and O–H groups in total. The Hall–Kier alpha value is -1.52. The summed E-state index contributed by atoms with van der Waals surface area (Å²) in [6.07, 6.45) is -0.837. The normalized spacial score (nSPS) is 57.6. The number of aliphatic hydroxyl groups is 1. The number of hydrogen-bond donors (Lipinski definition) is 1. The summed E-state index contributed by atoms with van der Waals surface area (Å²) >= 11 is 0. The second-order valence-corrected chi connectivity index (χ2v) is 6.37. The van der Waals surface area contributed by atoms with E-state index >= 15 is 0 Å². The van der Waals surface area contributed by atoms with Crippen LogP contribution in [0.3, 0.4) is 0 Å². The Bertz CT molecular complexity index is 898. The van der Waals surface area contributed by atoms with Gasteiger partial charge >= 0.3 is 0 Å². The Morgan fingerprint density at radius 2 is 2.41 bits per heavy atom.